The largest absolute Gasteiger partial charge is 0.493 e. The van der Waals surface area contributed by atoms with Crippen LogP contribution in [0.25, 0.3) is 11.1 Å². The lowest BCUT2D eigenvalue weighted by atomic mass is 10.00. The molecule has 1 N–H and O–H groups in total. The van der Waals surface area contributed by atoms with Gasteiger partial charge in [-0.15, -0.1) is 12.6 Å². The van der Waals surface area contributed by atoms with Crippen LogP contribution in [0, 0.1) is 13.8 Å². The van der Waals surface area contributed by atoms with E-state index in [1.54, 1.807) is 18.2 Å². The van der Waals surface area contributed by atoms with E-state index < -0.39 is 5.97 Å². The molecule has 0 bridgehead atoms. The van der Waals surface area contributed by atoms with Gasteiger partial charge in [-0.3, -0.25) is 0 Å². The summed E-state index contributed by atoms with van der Waals surface area (Å²) in [5, 5.41) is 9.19. The van der Waals surface area contributed by atoms with Crippen LogP contribution < -0.4 is 4.74 Å². The van der Waals surface area contributed by atoms with Crippen molar-refractivity contribution in [1.82, 2.24) is 0 Å². The van der Waals surface area contributed by atoms with E-state index in [1.807, 2.05) is 65.0 Å². The van der Waals surface area contributed by atoms with Gasteiger partial charge in [0, 0.05) is 11.3 Å². The van der Waals surface area contributed by atoms with Crippen LogP contribution in [0.3, 0.4) is 0 Å². The van der Waals surface area contributed by atoms with Crippen LogP contribution in [-0.2, 0) is 6.42 Å². The van der Waals surface area contributed by atoms with E-state index in [0.717, 1.165) is 39.3 Å². The minimum absolute atomic E-state index is 0.280. The van der Waals surface area contributed by atoms with E-state index in [9.17, 15) is 9.90 Å². The van der Waals surface area contributed by atoms with Crippen molar-refractivity contribution in [2.24, 2.45) is 0 Å². The molecule has 3 rings (SSSR count). The molecule has 166 valence electrons. The molecule has 0 amide bonds. The Balaban J connectivity index is 0.00000113. The summed E-state index contributed by atoms with van der Waals surface area (Å²) in [6.07, 6.45) is 0.721. The van der Waals surface area contributed by atoms with Gasteiger partial charge in [-0.25, -0.2) is 4.79 Å². The van der Waals surface area contributed by atoms with Crippen molar-refractivity contribution in [1.29, 1.82) is 0 Å². The Morgan fingerprint density at radius 3 is 2.23 bits per heavy atom. The van der Waals surface area contributed by atoms with Gasteiger partial charge < -0.3 is 9.84 Å². The number of hydrogen-bond acceptors (Lipinski definition) is 3. The second-order valence-corrected chi connectivity index (χ2v) is 7.08. The standard InChI is InChI=1S/C23H22O3S.2C2H6/c1-15-6-8-21(16(2)12-15)26-11-10-19-13-18(7-9-22(19)27)17-4-3-5-20(14-17)23(24)25;2*1-2/h3-9,12-14,27H,10-11H2,1-2H3,(H,24,25);2*1-2H3. The Hall–Kier alpha value is -2.72. The van der Waals surface area contributed by atoms with Gasteiger partial charge in [0.15, 0.2) is 0 Å². The van der Waals surface area contributed by atoms with Crippen LogP contribution in [-0.4, -0.2) is 17.7 Å². The minimum atomic E-state index is -0.926. The summed E-state index contributed by atoms with van der Waals surface area (Å²) >= 11 is 4.55. The Morgan fingerprint density at radius 1 is 0.903 bits per heavy atom. The number of thiol groups is 1. The maximum Gasteiger partial charge on any atom is 0.335 e. The molecule has 0 fully saturated rings. The predicted octanol–water partition coefficient (Wildman–Crippen LogP) is 7.63. The first-order chi connectivity index (χ1) is 14.9. The van der Waals surface area contributed by atoms with Gasteiger partial charge in [0.05, 0.1) is 12.2 Å². The number of aromatic carboxylic acids is 1. The number of carbonyl (C=O) groups is 1. The average Bonchev–Trinajstić information content (AvgIpc) is 2.79. The van der Waals surface area contributed by atoms with Crippen LogP contribution in [0.5, 0.6) is 5.75 Å². The fraction of sp³-hybridized carbons (Fsp3) is 0.296. The van der Waals surface area contributed by atoms with Crippen molar-refractivity contribution >= 4 is 18.6 Å². The first-order valence-corrected chi connectivity index (χ1v) is 11.2. The number of aryl methyl sites for hydroxylation is 2. The highest BCUT2D eigenvalue weighted by Gasteiger charge is 2.08. The van der Waals surface area contributed by atoms with Gasteiger partial charge in [0.1, 0.15) is 5.75 Å². The molecule has 0 heterocycles. The van der Waals surface area contributed by atoms with Crippen LogP contribution in [0.2, 0.25) is 0 Å². The van der Waals surface area contributed by atoms with Crippen molar-refractivity contribution in [3.63, 3.8) is 0 Å². The molecule has 0 radical (unpaired) electrons. The van der Waals surface area contributed by atoms with Crippen molar-refractivity contribution in [3.05, 3.63) is 82.9 Å². The number of carboxylic acid groups (broad SMARTS) is 1. The molecule has 0 atom stereocenters. The highest BCUT2D eigenvalue weighted by atomic mass is 32.1. The van der Waals surface area contributed by atoms with Gasteiger partial charge in [-0.05, 0) is 66.4 Å². The zero-order valence-corrected chi connectivity index (χ0v) is 20.3. The summed E-state index contributed by atoms with van der Waals surface area (Å²) in [5.74, 6) is -0.0311. The Kier molecular flexibility index (Phi) is 11.5. The summed E-state index contributed by atoms with van der Waals surface area (Å²) < 4.78 is 5.94. The highest BCUT2D eigenvalue weighted by Crippen LogP contribution is 2.26. The maximum atomic E-state index is 11.2. The summed E-state index contributed by atoms with van der Waals surface area (Å²) in [4.78, 5) is 12.1. The first kappa shape index (κ1) is 26.3. The predicted molar refractivity (Wildman–Crippen MR) is 134 cm³/mol. The molecular weight excluding hydrogens is 404 g/mol. The van der Waals surface area contributed by atoms with Crippen molar-refractivity contribution in [3.8, 4) is 16.9 Å². The molecule has 0 aliphatic rings. The van der Waals surface area contributed by atoms with Crippen LogP contribution in [0.1, 0.15) is 54.7 Å². The molecular formula is C27H34O3S. The zero-order chi connectivity index (χ0) is 23.4. The summed E-state index contributed by atoms with van der Waals surface area (Å²) in [7, 11) is 0. The molecule has 0 aromatic heterocycles. The van der Waals surface area contributed by atoms with Gasteiger partial charge in [-0.1, -0.05) is 63.6 Å². The summed E-state index contributed by atoms with van der Waals surface area (Å²) in [6.45, 7) is 12.7. The quantitative estimate of drug-likeness (QED) is 0.389. The van der Waals surface area contributed by atoms with Gasteiger partial charge in [-0.2, -0.15) is 0 Å². The number of carboxylic acids is 1. The lowest BCUT2D eigenvalue weighted by Gasteiger charge is -2.12. The number of hydrogen-bond donors (Lipinski definition) is 2. The molecule has 3 aromatic carbocycles. The smallest absolute Gasteiger partial charge is 0.335 e. The summed E-state index contributed by atoms with van der Waals surface area (Å²) in [6, 6.07) is 19.1. The van der Waals surface area contributed by atoms with E-state index in [0.29, 0.717) is 6.61 Å². The molecule has 3 nitrogen and oxygen atoms in total. The molecule has 0 unspecified atom stereocenters. The van der Waals surface area contributed by atoms with E-state index in [4.69, 9.17) is 4.74 Å². The van der Waals surface area contributed by atoms with Crippen LogP contribution in [0.15, 0.2) is 65.6 Å². The molecule has 0 saturated heterocycles. The topological polar surface area (TPSA) is 46.5 Å². The fourth-order valence-corrected chi connectivity index (χ4v) is 3.28. The lowest BCUT2D eigenvalue weighted by molar-refractivity contribution is 0.0697. The summed E-state index contributed by atoms with van der Waals surface area (Å²) in [5.41, 5.74) is 5.54. The van der Waals surface area contributed by atoms with Crippen molar-refractivity contribution in [2.75, 3.05) is 6.61 Å². The molecule has 3 aromatic rings. The van der Waals surface area contributed by atoms with Crippen LogP contribution >= 0.6 is 12.6 Å². The number of rotatable bonds is 6. The number of benzene rings is 3. The van der Waals surface area contributed by atoms with Gasteiger partial charge in [0.25, 0.3) is 0 Å². The zero-order valence-electron chi connectivity index (χ0n) is 19.4. The number of ether oxygens (including phenoxy) is 1. The molecule has 0 saturated carbocycles. The molecule has 0 aliphatic heterocycles. The van der Waals surface area contributed by atoms with E-state index in [1.165, 1.54) is 5.56 Å². The van der Waals surface area contributed by atoms with Crippen molar-refractivity contribution in [2.45, 2.75) is 52.9 Å². The first-order valence-electron chi connectivity index (χ1n) is 10.8. The second-order valence-electron chi connectivity index (χ2n) is 6.60. The third-order valence-electron chi connectivity index (χ3n) is 4.48. The minimum Gasteiger partial charge on any atom is -0.493 e. The van der Waals surface area contributed by atoms with E-state index >= 15 is 0 Å². The van der Waals surface area contributed by atoms with Gasteiger partial charge in [0.2, 0.25) is 0 Å². The molecule has 4 heteroatoms. The SMILES string of the molecule is CC.CC.Cc1ccc(OCCc2cc(-c3cccc(C(=O)O)c3)ccc2S)c(C)c1. The second kappa shape index (κ2) is 13.6. The fourth-order valence-electron chi connectivity index (χ4n) is 3.03. The normalized spacial score (nSPS) is 9.65. The molecule has 0 spiro atoms. The molecule has 0 aliphatic carbocycles. The average molecular weight is 439 g/mol. The lowest BCUT2D eigenvalue weighted by Crippen LogP contribution is -2.03. The molecule has 31 heavy (non-hydrogen) atoms. The monoisotopic (exact) mass is 438 g/mol. The van der Waals surface area contributed by atoms with E-state index in [2.05, 4.69) is 31.7 Å². The van der Waals surface area contributed by atoms with Crippen LogP contribution in [0.4, 0.5) is 0 Å². The Morgan fingerprint density at radius 2 is 1.58 bits per heavy atom. The van der Waals surface area contributed by atoms with Gasteiger partial charge >= 0.3 is 5.97 Å². The third kappa shape index (κ3) is 7.80. The third-order valence-corrected chi connectivity index (χ3v) is 4.92. The van der Waals surface area contributed by atoms with Crippen molar-refractivity contribution < 1.29 is 14.6 Å². The Bertz CT molecular complexity index is 980. The highest BCUT2D eigenvalue weighted by molar-refractivity contribution is 7.80. The maximum absolute atomic E-state index is 11.2. The van der Waals surface area contributed by atoms with E-state index in [-0.39, 0.29) is 5.56 Å². The Labute approximate surface area is 192 Å².